The van der Waals surface area contributed by atoms with Crippen LogP contribution in [0.4, 0.5) is 0 Å². The van der Waals surface area contributed by atoms with Crippen LogP contribution in [-0.4, -0.2) is 19.8 Å². The summed E-state index contributed by atoms with van der Waals surface area (Å²) >= 11 is 5.39. The molecule has 2 heterocycles. The molecule has 1 aromatic rings. The minimum Gasteiger partial charge on any atom is -0.381 e. The van der Waals surface area contributed by atoms with Crippen LogP contribution in [0.2, 0.25) is 0 Å². The van der Waals surface area contributed by atoms with E-state index in [1.165, 1.54) is 20.6 Å². The lowest BCUT2D eigenvalue weighted by Crippen LogP contribution is -2.22. The molecule has 0 bridgehead atoms. The van der Waals surface area contributed by atoms with Crippen molar-refractivity contribution in [3.8, 4) is 0 Å². The Labute approximate surface area is 103 Å². The second kappa shape index (κ2) is 5.43. The monoisotopic (exact) mass is 289 g/mol. The van der Waals surface area contributed by atoms with Gasteiger partial charge in [-0.05, 0) is 41.3 Å². The molecule has 1 aliphatic rings. The Morgan fingerprint density at radius 2 is 2.53 bits per heavy atom. The maximum absolute atomic E-state index is 5.34. The van der Waals surface area contributed by atoms with Gasteiger partial charge >= 0.3 is 0 Å². The van der Waals surface area contributed by atoms with E-state index in [0.717, 1.165) is 32.2 Å². The fraction of sp³-hybridized carbons (Fsp3) is 0.636. The van der Waals surface area contributed by atoms with Gasteiger partial charge in [0, 0.05) is 33.9 Å². The molecule has 15 heavy (non-hydrogen) atoms. The van der Waals surface area contributed by atoms with E-state index >= 15 is 0 Å². The summed E-state index contributed by atoms with van der Waals surface area (Å²) in [6, 6.07) is 2.21. The molecule has 4 heteroatoms. The van der Waals surface area contributed by atoms with Gasteiger partial charge < -0.3 is 10.1 Å². The summed E-state index contributed by atoms with van der Waals surface area (Å²) in [5, 5.41) is 3.49. The summed E-state index contributed by atoms with van der Waals surface area (Å²) in [6.07, 6.45) is 1.21. The Bertz CT molecular complexity index is 301. The van der Waals surface area contributed by atoms with Gasteiger partial charge in [0.1, 0.15) is 0 Å². The van der Waals surface area contributed by atoms with Crippen molar-refractivity contribution in [1.29, 1.82) is 0 Å². The number of nitrogens with one attached hydrogen (secondary N) is 1. The van der Waals surface area contributed by atoms with E-state index in [0.29, 0.717) is 0 Å². The zero-order chi connectivity index (χ0) is 10.7. The molecule has 1 aromatic heterocycles. The Morgan fingerprint density at radius 3 is 3.13 bits per heavy atom. The Hall–Kier alpha value is 0.100. The summed E-state index contributed by atoms with van der Waals surface area (Å²) in [7, 11) is 0. The Morgan fingerprint density at radius 1 is 1.67 bits per heavy atom. The normalized spacial score (nSPS) is 21.1. The molecule has 84 valence electrons. The predicted molar refractivity (Wildman–Crippen MR) is 67.4 cm³/mol. The van der Waals surface area contributed by atoms with Gasteiger partial charge in [0.25, 0.3) is 0 Å². The van der Waals surface area contributed by atoms with Crippen LogP contribution in [0.25, 0.3) is 0 Å². The highest BCUT2D eigenvalue weighted by atomic mass is 79.9. The molecule has 0 radical (unpaired) electrons. The van der Waals surface area contributed by atoms with Crippen LogP contribution >= 0.6 is 27.3 Å². The number of rotatable bonds is 4. The van der Waals surface area contributed by atoms with Crippen molar-refractivity contribution in [2.45, 2.75) is 19.9 Å². The van der Waals surface area contributed by atoms with E-state index in [9.17, 15) is 0 Å². The van der Waals surface area contributed by atoms with Crippen molar-refractivity contribution >= 4 is 27.3 Å². The first kappa shape index (κ1) is 11.6. The molecule has 0 amide bonds. The lowest BCUT2D eigenvalue weighted by Gasteiger charge is -2.07. The first-order chi connectivity index (χ1) is 7.25. The van der Waals surface area contributed by atoms with Gasteiger partial charge in [0.2, 0.25) is 0 Å². The van der Waals surface area contributed by atoms with E-state index in [1.54, 1.807) is 0 Å². The average Bonchev–Trinajstić information content (AvgIpc) is 2.79. The highest BCUT2D eigenvalue weighted by Gasteiger charge is 2.14. The number of thiophene rings is 1. The molecule has 1 aliphatic heterocycles. The maximum Gasteiger partial charge on any atom is 0.0507 e. The molecule has 2 nitrogen and oxygen atoms in total. The standard InChI is InChI=1S/C11H16BrNOS/c1-8-11(12)4-10(15-8)6-13-5-9-2-3-14-7-9/h4,9,13H,2-3,5-7H2,1H3. The molecule has 1 N–H and O–H groups in total. The second-order valence-corrected chi connectivity index (χ2v) is 6.17. The molecule has 1 saturated heterocycles. The third kappa shape index (κ3) is 3.28. The summed E-state index contributed by atoms with van der Waals surface area (Å²) in [5.74, 6) is 0.717. The molecular formula is C11H16BrNOS. The lowest BCUT2D eigenvalue weighted by atomic mass is 10.1. The van der Waals surface area contributed by atoms with Gasteiger partial charge in [-0.15, -0.1) is 11.3 Å². The van der Waals surface area contributed by atoms with Crippen molar-refractivity contribution in [1.82, 2.24) is 5.32 Å². The predicted octanol–water partition coefficient (Wildman–Crippen LogP) is 2.95. The molecule has 0 aliphatic carbocycles. The zero-order valence-electron chi connectivity index (χ0n) is 8.88. The Balaban J connectivity index is 1.73. The van der Waals surface area contributed by atoms with E-state index in [-0.39, 0.29) is 0 Å². The minimum atomic E-state index is 0.717. The molecule has 1 unspecified atom stereocenters. The summed E-state index contributed by atoms with van der Waals surface area (Å²) in [5.41, 5.74) is 0. The first-order valence-electron chi connectivity index (χ1n) is 5.29. The number of ether oxygens (including phenoxy) is 1. The van der Waals surface area contributed by atoms with Crippen LogP contribution in [0.3, 0.4) is 0 Å². The fourth-order valence-corrected chi connectivity index (χ4v) is 3.32. The first-order valence-corrected chi connectivity index (χ1v) is 6.90. The Kier molecular flexibility index (Phi) is 4.20. The summed E-state index contributed by atoms with van der Waals surface area (Å²) < 4.78 is 6.57. The van der Waals surface area contributed by atoms with Crippen LogP contribution in [0.1, 0.15) is 16.2 Å². The van der Waals surface area contributed by atoms with Gasteiger partial charge in [0.15, 0.2) is 0 Å². The number of aryl methyl sites for hydroxylation is 1. The van der Waals surface area contributed by atoms with Crippen LogP contribution in [0.5, 0.6) is 0 Å². The van der Waals surface area contributed by atoms with E-state index in [4.69, 9.17) is 4.74 Å². The van der Waals surface area contributed by atoms with Crippen molar-refractivity contribution < 1.29 is 4.74 Å². The topological polar surface area (TPSA) is 21.3 Å². The number of hydrogen-bond donors (Lipinski definition) is 1. The molecule has 1 atom stereocenters. The smallest absolute Gasteiger partial charge is 0.0507 e. The lowest BCUT2D eigenvalue weighted by molar-refractivity contribution is 0.185. The van der Waals surface area contributed by atoms with Crippen LogP contribution < -0.4 is 5.32 Å². The zero-order valence-corrected chi connectivity index (χ0v) is 11.3. The molecule has 0 spiro atoms. The third-order valence-electron chi connectivity index (χ3n) is 2.66. The second-order valence-electron chi connectivity index (χ2n) is 3.98. The van der Waals surface area contributed by atoms with Crippen LogP contribution in [0.15, 0.2) is 10.5 Å². The number of halogens is 1. The van der Waals surface area contributed by atoms with Gasteiger partial charge in [-0.25, -0.2) is 0 Å². The van der Waals surface area contributed by atoms with E-state index < -0.39 is 0 Å². The fourth-order valence-electron chi connectivity index (χ4n) is 1.75. The average molecular weight is 290 g/mol. The minimum absolute atomic E-state index is 0.717. The van der Waals surface area contributed by atoms with Gasteiger partial charge in [-0.3, -0.25) is 0 Å². The largest absolute Gasteiger partial charge is 0.381 e. The number of hydrogen-bond acceptors (Lipinski definition) is 3. The highest BCUT2D eigenvalue weighted by Crippen LogP contribution is 2.26. The third-order valence-corrected chi connectivity index (χ3v) is 4.80. The molecule has 2 rings (SSSR count). The molecule has 0 saturated carbocycles. The van der Waals surface area contributed by atoms with Gasteiger partial charge in [-0.1, -0.05) is 0 Å². The summed E-state index contributed by atoms with van der Waals surface area (Å²) in [4.78, 5) is 2.76. The van der Waals surface area contributed by atoms with Crippen LogP contribution in [0, 0.1) is 12.8 Å². The van der Waals surface area contributed by atoms with Crippen molar-refractivity contribution in [2.75, 3.05) is 19.8 Å². The van der Waals surface area contributed by atoms with Crippen molar-refractivity contribution in [3.05, 3.63) is 20.3 Å². The molecule has 0 aromatic carbocycles. The van der Waals surface area contributed by atoms with Gasteiger partial charge in [0.05, 0.1) is 6.61 Å². The molecular weight excluding hydrogens is 274 g/mol. The highest BCUT2D eigenvalue weighted by molar-refractivity contribution is 9.10. The maximum atomic E-state index is 5.34. The van der Waals surface area contributed by atoms with E-state index in [2.05, 4.69) is 34.2 Å². The van der Waals surface area contributed by atoms with Gasteiger partial charge in [-0.2, -0.15) is 0 Å². The van der Waals surface area contributed by atoms with Crippen molar-refractivity contribution in [3.63, 3.8) is 0 Å². The summed E-state index contributed by atoms with van der Waals surface area (Å²) in [6.45, 7) is 6.07. The van der Waals surface area contributed by atoms with Crippen molar-refractivity contribution in [2.24, 2.45) is 5.92 Å². The van der Waals surface area contributed by atoms with Crippen LogP contribution in [-0.2, 0) is 11.3 Å². The quantitative estimate of drug-likeness (QED) is 0.920. The van der Waals surface area contributed by atoms with E-state index in [1.807, 2.05) is 11.3 Å². The SMILES string of the molecule is Cc1sc(CNCC2CCOC2)cc1Br. The molecule has 1 fully saturated rings.